The summed E-state index contributed by atoms with van der Waals surface area (Å²) in [6.07, 6.45) is -2.47. The van der Waals surface area contributed by atoms with Crippen molar-refractivity contribution in [1.29, 1.82) is 0 Å². The molecule has 0 N–H and O–H groups in total. The number of rotatable bonds is 2. The van der Waals surface area contributed by atoms with Gasteiger partial charge in [0, 0.05) is 13.1 Å². The van der Waals surface area contributed by atoms with Crippen molar-refractivity contribution in [2.45, 2.75) is 19.0 Å². The molecular weight excluding hydrogens is 283 g/mol. The molecule has 0 bridgehead atoms. The van der Waals surface area contributed by atoms with Crippen molar-refractivity contribution in [3.63, 3.8) is 0 Å². The average molecular weight is 294 g/mol. The normalized spacial score (nSPS) is 17.6. The minimum Gasteiger partial charge on any atom is -0.356 e. The zero-order valence-corrected chi connectivity index (χ0v) is 10.6. The lowest BCUT2D eigenvalue weighted by molar-refractivity contribution is -0.179. The summed E-state index contributed by atoms with van der Waals surface area (Å²) in [5, 5.41) is 0.0120. The second-order valence-electron chi connectivity index (χ2n) is 4.32. The molecule has 1 saturated heterocycles. The van der Waals surface area contributed by atoms with Crippen molar-refractivity contribution in [2.75, 3.05) is 18.0 Å². The molecule has 0 radical (unpaired) electrons. The third-order valence-electron chi connectivity index (χ3n) is 3.19. The molecule has 0 amide bonds. The van der Waals surface area contributed by atoms with Gasteiger partial charge in [0.1, 0.15) is 17.3 Å². The Morgan fingerprint density at radius 3 is 2.47 bits per heavy atom. The Morgan fingerprint density at radius 1 is 1.32 bits per heavy atom. The van der Waals surface area contributed by atoms with Gasteiger partial charge in [-0.05, 0) is 12.8 Å². The number of nitrogens with zero attached hydrogens (tertiary/aromatic N) is 3. The largest absolute Gasteiger partial charge is 0.391 e. The molecule has 2 heterocycles. The van der Waals surface area contributed by atoms with Gasteiger partial charge in [-0.2, -0.15) is 13.2 Å². The lowest BCUT2D eigenvalue weighted by Gasteiger charge is -2.34. The summed E-state index contributed by atoms with van der Waals surface area (Å²) in [4.78, 5) is 20.2. The molecule has 2 rings (SSSR count). The van der Waals surface area contributed by atoms with Gasteiger partial charge < -0.3 is 4.90 Å². The van der Waals surface area contributed by atoms with Crippen LogP contribution in [0.25, 0.3) is 0 Å². The van der Waals surface area contributed by atoms with E-state index in [1.54, 1.807) is 4.90 Å². The highest BCUT2D eigenvalue weighted by Gasteiger charge is 2.41. The Kier molecular flexibility index (Phi) is 3.93. The molecule has 8 heteroatoms. The molecule has 1 aliphatic rings. The molecule has 0 unspecified atom stereocenters. The number of aromatic nitrogens is 2. The first-order chi connectivity index (χ1) is 8.93. The minimum atomic E-state index is -4.16. The molecule has 0 aliphatic carbocycles. The molecule has 0 aromatic carbocycles. The third-order valence-corrected chi connectivity index (χ3v) is 3.49. The van der Waals surface area contributed by atoms with Crippen LogP contribution in [0.1, 0.15) is 23.2 Å². The highest BCUT2D eigenvalue weighted by atomic mass is 35.5. The Balaban J connectivity index is 2.14. The first-order valence-corrected chi connectivity index (χ1v) is 6.08. The van der Waals surface area contributed by atoms with Crippen LogP contribution in [0.15, 0.2) is 6.33 Å². The maximum atomic E-state index is 12.6. The smallest absolute Gasteiger partial charge is 0.356 e. The van der Waals surface area contributed by atoms with E-state index in [9.17, 15) is 18.0 Å². The lowest BCUT2D eigenvalue weighted by atomic mass is 9.96. The number of anilines is 1. The van der Waals surface area contributed by atoms with E-state index in [-0.39, 0.29) is 36.6 Å². The summed E-state index contributed by atoms with van der Waals surface area (Å²) in [7, 11) is 0. The van der Waals surface area contributed by atoms with E-state index < -0.39 is 12.1 Å². The van der Waals surface area contributed by atoms with Crippen LogP contribution in [0.4, 0.5) is 19.0 Å². The van der Waals surface area contributed by atoms with Crippen LogP contribution in [0, 0.1) is 5.92 Å². The second kappa shape index (κ2) is 5.32. The van der Waals surface area contributed by atoms with Crippen LogP contribution in [0.2, 0.25) is 5.15 Å². The predicted octanol–water partition coefficient (Wildman–Crippen LogP) is 2.72. The van der Waals surface area contributed by atoms with E-state index in [0.717, 1.165) is 0 Å². The summed E-state index contributed by atoms with van der Waals surface area (Å²) in [6, 6.07) is 0. The summed E-state index contributed by atoms with van der Waals surface area (Å²) in [5.41, 5.74) is 0.120. The summed E-state index contributed by atoms with van der Waals surface area (Å²) >= 11 is 5.76. The van der Waals surface area contributed by atoms with Crippen molar-refractivity contribution in [1.82, 2.24) is 9.97 Å². The highest BCUT2D eigenvalue weighted by molar-refractivity contribution is 6.32. The molecule has 19 heavy (non-hydrogen) atoms. The number of aldehydes is 1. The van der Waals surface area contributed by atoms with Gasteiger partial charge in [-0.1, -0.05) is 11.6 Å². The van der Waals surface area contributed by atoms with Gasteiger partial charge in [-0.3, -0.25) is 4.79 Å². The van der Waals surface area contributed by atoms with Crippen LogP contribution in [0.3, 0.4) is 0 Å². The monoisotopic (exact) mass is 293 g/mol. The van der Waals surface area contributed by atoms with Gasteiger partial charge in [0.15, 0.2) is 6.29 Å². The highest BCUT2D eigenvalue weighted by Crippen LogP contribution is 2.35. The van der Waals surface area contributed by atoms with Crippen molar-refractivity contribution < 1.29 is 18.0 Å². The van der Waals surface area contributed by atoms with Crippen molar-refractivity contribution in [3.8, 4) is 0 Å². The molecule has 1 aliphatic heterocycles. The molecule has 0 saturated carbocycles. The number of carbonyl (C=O) groups is 1. The fourth-order valence-electron chi connectivity index (χ4n) is 2.14. The van der Waals surface area contributed by atoms with E-state index in [0.29, 0.717) is 12.1 Å². The standard InChI is InChI=1S/C11H11ClF3N3O/c12-9-8(5-19)10(17-6-16-9)18-3-1-7(2-4-18)11(13,14)15/h5-7H,1-4H2. The summed E-state index contributed by atoms with van der Waals surface area (Å²) < 4.78 is 37.7. The number of piperidine rings is 1. The molecule has 0 atom stereocenters. The summed E-state index contributed by atoms with van der Waals surface area (Å²) in [5.74, 6) is -0.989. The molecule has 0 spiro atoms. The lowest BCUT2D eigenvalue weighted by Crippen LogP contribution is -2.39. The van der Waals surface area contributed by atoms with E-state index in [1.807, 2.05) is 0 Å². The Hall–Kier alpha value is -1.37. The van der Waals surface area contributed by atoms with Crippen LogP contribution >= 0.6 is 11.6 Å². The molecule has 104 valence electrons. The molecule has 1 aromatic rings. The van der Waals surface area contributed by atoms with Gasteiger partial charge in [0.2, 0.25) is 0 Å². The van der Waals surface area contributed by atoms with Crippen molar-refractivity contribution in [2.24, 2.45) is 5.92 Å². The molecule has 1 aromatic heterocycles. The van der Waals surface area contributed by atoms with Crippen LogP contribution in [0.5, 0.6) is 0 Å². The van der Waals surface area contributed by atoms with Crippen molar-refractivity contribution in [3.05, 3.63) is 17.0 Å². The first kappa shape index (κ1) is 14.0. The van der Waals surface area contributed by atoms with Crippen LogP contribution < -0.4 is 4.90 Å². The van der Waals surface area contributed by atoms with Gasteiger partial charge in [0.25, 0.3) is 0 Å². The quantitative estimate of drug-likeness (QED) is 0.621. The maximum absolute atomic E-state index is 12.6. The molecule has 1 fully saturated rings. The third kappa shape index (κ3) is 2.97. The Morgan fingerprint density at radius 2 is 1.95 bits per heavy atom. The zero-order chi connectivity index (χ0) is 14.0. The number of halogens is 4. The molecule has 4 nitrogen and oxygen atoms in total. The van der Waals surface area contributed by atoms with Crippen molar-refractivity contribution >= 4 is 23.7 Å². The maximum Gasteiger partial charge on any atom is 0.391 e. The van der Waals surface area contributed by atoms with E-state index >= 15 is 0 Å². The Labute approximate surface area is 112 Å². The van der Waals surface area contributed by atoms with Crippen LogP contribution in [-0.2, 0) is 0 Å². The number of hydrogen-bond donors (Lipinski definition) is 0. The second-order valence-corrected chi connectivity index (χ2v) is 4.68. The molecular formula is C11H11ClF3N3O. The summed E-state index contributed by atoms with van der Waals surface area (Å²) in [6.45, 7) is 0.386. The fraction of sp³-hybridized carbons (Fsp3) is 0.545. The van der Waals surface area contributed by atoms with Gasteiger partial charge >= 0.3 is 6.18 Å². The number of hydrogen-bond acceptors (Lipinski definition) is 4. The predicted molar refractivity (Wildman–Crippen MR) is 63.4 cm³/mol. The number of alkyl halides is 3. The topological polar surface area (TPSA) is 46.1 Å². The van der Waals surface area contributed by atoms with Gasteiger partial charge in [-0.25, -0.2) is 9.97 Å². The van der Waals surface area contributed by atoms with E-state index in [2.05, 4.69) is 9.97 Å². The number of carbonyl (C=O) groups excluding carboxylic acids is 1. The SMILES string of the molecule is O=Cc1c(Cl)ncnc1N1CCC(C(F)(F)F)CC1. The zero-order valence-electron chi connectivity index (χ0n) is 9.82. The average Bonchev–Trinajstić information content (AvgIpc) is 2.37. The minimum absolute atomic E-state index is 0.0105. The van der Waals surface area contributed by atoms with Gasteiger partial charge in [-0.15, -0.1) is 0 Å². The first-order valence-electron chi connectivity index (χ1n) is 5.71. The van der Waals surface area contributed by atoms with E-state index in [4.69, 9.17) is 11.6 Å². The Bertz CT molecular complexity index is 473. The van der Waals surface area contributed by atoms with Crippen LogP contribution in [-0.4, -0.2) is 35.5 Å². The van der Waals surface area contributed by atoms with E-state index in [1.165, 1.54) is 6.33 Å². The van der Waals surface area contributed by atoms with Gasteiger partial charge in [0.05, 0.1) is 11.5 Å². The fourth-order valence-corrected chi connectivity index (χ4v) is 2.31.